The van der Waals surface area contributed by atoms with E-state index in [2.05, 4.69) is 16.9 Å². The lowest BCUT2D eigenvalue weighted by Gasteiger charge is -2.34. The van der Waals surface area contributed by atoms with E-state index in [1.807, 2.05) is 12.2 Å². The van der Waals surface area contributed by atoms with Crippen molar-refractivity contribution in [3.63, 3.8) is 0 Å². The SMILES string of the molecule is CN1CCc2nc(C(=O)C3(N)CC=CCC3N)sc2C1. The fourth-order valence-electron chi connectivity index (χ4n) is 2.76. The van der Waals surface area contributed by atoms with Crippen molar-refractivity contribution >= 4 is 17.1 Å². The summed E-state index contributed by atoms with van der Waals surface area (Å²) in [6.07, 6.45) is 5.99. The molecular weight excluding hydrogens is 272 g/mol. The van der Waals surface area contributed by atoms with Gasteiger partial charge in [0.15, 0.2) is 5.01 Å². The smallest absolute Gasteiger partial charge is 0.213 e. The third kappa shape index (κ3) is 2.22. The summed E-state index contributed by atoms with van der Waals surface area (Å²) in [5, 5.41) is 0.526. The standard InChI is InChI=1S/C14H20N4OS/c1-18-7-5-9-10(8-18)20-13(17-9)12(19)14(16)6-3-2-4-11(14)15/h2-3,11H,4-8,15-16H2,1H3. The summed E-state index contributed by atoms with van der Waals surface area (Å²) in [4.78, 5) is 20.7. The number of Topliss-reactive ketones (excluding diaryl/α,β-unsaturated/α-hetero) is 1. The number of carbonyl (C=O) groups is 1. The molecule has 0 fully saturated rings. The number of fused-ring (bicyclic) bond motifs is 1. The average molecular weight is 292 g/mol. The third-order valence-corrected chi connectivity index (χ3v) is 5.29. The minimum atomic E-state index is -0.999. The summed E-state index contributed by atoms with van der Waals surface area (Å²) in [5.41, 5.74) is 12.4. The molecule has 4 N–H and O–H groups in total. The third-order valence-electron chi connectivity index (χ3n) is 4.21. The first-order chi connectivity index (χ1) is 9.50. The van der Waals surface area contributed by atoms with Crippen molar-refractivity contribution < 1.29 is 4.79 Å². The maximum atomic E-state index is 12.7. The van der Waals surface area contributed by atoms with Gasteiger partial charge in [0.05, 0.1) is 5.69 Å². The first-order valence-electron chi connectivity index (χ1n) is 6.92. The number of nitrogens with two attached hydrogens (primary N) is 2. The van der Waals surface area contributed by atoms with Crippen LogP contribution in [-0.2, 0) is 13.0 Å². The van der Waals surface area contributed by atoms with Gasteiger partial charge in [-0.1, -0.05) is 12.2 Å². The number of ketones is 1. The van der Waals surface area contributed by atoms with E-state index in [-0.39, 0.29) is 11.8 Å². The van der Waals surface area contributed by atoms with Gasteiger partial charge in [-0.15, -0.1) is 11.3 Å². The van der Waals surface area contributed by atoms with Crippen LogP contribution in [0.4, 0.5) is 0 Å². The van der Waals surface area contributed by atoms with Crippen LogP contribution in [0.2, 0.25) is 0 Å². The van der Waals surface area contributed by atoms with E-state index in [9.17, 15) is 4.79 Å². The lowest BCUT2D eigenvalue weighted by atomic mass is 9.79. The molecule has 0 saturated carbocycles. The molecule has 2 unspecified atom stereocenters. The second-order valence-corrected chi connectivity index (χ2v) is 6.85. The van der Waals surface area contributed by atoms with Crippen LogP contribution in [0, 0.1) is 0 Å². The molecule has 6 heteroatoms. The van der Waals surface area contributed by atoms with E-state index in [0.717, 1.165) is 25.2 Å². The molecule has 3 rings (SSSR count). The predicted molar refractivity (Wildman–Crippen MR) is 79.8 cm³/mol. The summed E-state index contributed by atoms with van der Waals surface area (Å²) in [6, 6.07) is -0.330. The Hall–Kier alpha value is -1.08. The van der Waals surface area contributed by atoms with Gasteiger partial charge >= 0.3 is 0 Å². The summed E-state index contributed by atoms with van der Waals surface area (Å²) < 4.78 is 0. The molecule has 1 aromatic rings. The molecule has 20 heavy (non-hydrogen) atoms. The molecule has 0 aromatic carbocycles. The van der Waals surface area contributed by atoms with Crippen molar-refractivity contribution in [3.05, 3.63) is 27.7 Å². The Bertz CT molecular complexity index is 568. The topological polar surface area (TPSA) is 85.2 Å². The maximum absolute atomic E-state index is 12.7. The normalized spacial score (nSPS) is 30.2. The zero-order chi connectivity index (χ0) is 14.3. The summed E-state index contributed by atoms with van der Waals surface area (Å²) >= 11 is 1.48. The highest BCUT2D eigenvalue weighted by atomic mass is 32.1. The molecule has 0 bridgehead atoms. The highest BCUT2D eigenvalue weighted by Gasteiger charge is 2.42. The van der Waals surface area contributed by atoms with Gasteiger partial charge in [-0.3, -0.25) is 4.79 Å². The Kier molecular flexibility index (Phi) is 3.50. The number of likely N-dealkylation sites (N-methyl/N-ethyl adjacent to an activating group) is 1. The van der Waals surface area contributed by atoms with Gasteiger partial charge in [-0.2, -0.15) is 0 Å². The number of aromatic nitrogens is 1. The molecule has 1 aromatic heterocycles. The number of thiazole rings is 1. The Balaban J connectivity index is 1.89. The van der Waals surface area contributed by atoms with E-state index in [4.69, 9.17) is 11.5 Å². The minimum absolute atomic E-state index is 0.101. The molecule has 0 spiro atoms. The molecule has 5 nitrogen and oxygen atoms in total. The monoisotopic (exact) mass is 292 g/mol. The van der Waals surface area contributed by atoms with Crippen molar-refractivity contribution in [2.24, 2.45) is 11.5 Å². The van der Waals surface area contributed by atoms with Crippen molar-refractivity contribution in [2.75, 3.05) is 13.6 Å². The van der Waals surface area contributed by atoms with Crippen LogP contribution in [0.15, 0.2) is 12.2 Å². The first kappa shape index (κ1) is 13.9. The quantitative estimate of drug-likeness (QED) is 0.619. The Morgan fingerprint density at radius 2 is 2.35 bits per heavy atom. The van der Waals surface area contributed by atoms with Gasteiger partial charge in [0, 0.05) is 30.4 Å². The van der Waals surface area contributed by atoms with Crippen LogP contribution in [0.5, 0.6) is 0 Å². The van der Waals surface area contributed by atoms with E-state index in [1.54, 1.807) is 0 Å². The number of nitrogens with zero attached hydrogens (tertiary/aromatic N) is 2. The van der Waals surface area contributed by atoms with Crippen molar-refractivity contribution in [1.82, 2.24) is 9.88 Å². The fraction of sp³-hybridized carbons (Fsp3) is 0.571. The van der Waals surface area contributed by atoms with Crippen LogP contribution in [0.1, 0.15) is 33.2 Å². The van der Waals surface area contributed by atoms with Crippen LogP contribution in [0.3, 0.4) is 0 Å². The van der Waals surface area contributed by atoms with Gasteiger partial charge in [0.2, 0.25) is 5.78 Å². The molecule has 0 saturated heterocycles. The number of hydrogen-bond donors (Lipinski definition) is 2. The van der Waals surface area contributed by atoms with Crippen LogP contribution >= 0.6 is 11.3 Å². The highest BCUT2D eigenvalue weighted by Crippen LogP contribution is 2.30. The second-order valence-electron chi connectivity index (χ2n) is 5.76. The lowest BCUT2D eigenvalue weighted by molar-refractivity contribution is 0.0860. The molecule has 0 radical (unpaired) electrons. The summed E-state index contributed by atoms with van der Waals surface area (Å²) in [6.45, 7) is 1.85. The Morgan fingerprint density at radius 1 is 1.55 bits per heavy atom. The summed E-state index contributed by atoms with van der Waals surface area (Å²) in [7, 11) is 2.08. The van der Waals surface area contributed by atoms with Crippen LogP contribution in [-0.4, -0.2) is 40.8 Å². The molecule has 1 aliphatic heterocycles. The molecule has 2 aliphatic rings. The van der Waals surface area contributed by atoms with E-state index in [0.29, 0.717) is 17.8 Å². The van der Waals surface area contributed by atoms with Gasteiger partial charge in [0.1, 0.15) is 5.54 Å². The van der Waals surface area contributed by atoms with Crippen LogP contribution < -0.4 is 11.5 Å². The minimum Gasteiger partial charge on any atom is -0.325 e. The molecule has 108 valence electrons. The predicted octanol–water partition coefficient (Wildman–Crippen LogP) is 0.688. The second kappa shape index (κ2) is 5.04. The summed E-state index contributed by atoms with van der Waals surface area (Å²) in [5.74, 6) is -0.101. The molecular formula is C14H20N4OS. The van der Waals surface area contributed by atoms with E-state index >= 15 is 0 Å². The van der Waals surface area contributed by atoms with Gasteiger partial charge in [-0.05, 0) is 19.9 Å². The zero-order valence-corrected chi connectivity index (χ0v) is 12.4. The molecule has 2 atom stereocenters. The number of carbonyl (C=O) groups excluding carboxylic acids is 1. The van der Waals surface area contributed by atoms with E-state index < -0.39 is 5.54 Å². The van der Waals surface area contributed by atoms with Crippen LogP contribution in [0.25, 0.3) is 0 Å². The van der Waals surface area contributed by atoms with E-state index in [1.165, 1.54) is 16.2 Å². The maximum Gasteiger partial charge on any atom is 0.213 e. The highest BCUT2D eigenvalue weighted by molar-refractivity contribution is 7.13. The molecule has 0 amide bonds. The first-order valence-corrected chi connectivity index (χ1v) is 7.74. The van der Waals surface area contributed by atoms with Gasteiger partial charge < -0.3 is 16.4 Å². The molecule has 1 aliphatic carbocycles. The molecule has 2 heterocycles. The zero-order valence-electron chi connectivity index (χ0n) is 11.6. The Morgan fingerprint density at radius 3 is 3.10 bits per heavy atom. The largest absolute Gasteiger partial charge is 0.325 e. The van der Waals surface area contributed by atoms with Gasteiger partial charge in [0.25, 0.3) is 0 Å². The van der Waals surface area contributed by atoms with Gasteiger partial charge in [-0.25, -0.2) is 4.98 Å². The van der Waals surface area contributed by atoms with Crippen molar-refractivity contribution in [3.8, 4) is 0 Å². The Labute approximate surface area is 122 Å². The van der Waals surface area contributed by atoms with Crippen molar-refractivity contribution in [1.29, 1.82) is 0 Å². The van der Waals surface area contributed by atoms with Crippen molar-refractivity contribution in [2.45, 2.75) is 37.4 Å². The average Bonchev–Trinajstić information content (AvgIpc) is 2.84. The number of hydrogen-bond acceptors (Lipinski definition) is 6. The fourth-order valence-corrected chi connectivity index (χ4v) is 3.99. The lowest BCUT2D eigenvalue weighted by Crippen LogP contribution is -2.61. The number of rotatable bonds is 2.